The summed E-state index contributed by atoms with van der Waals surface area (Å²) in [6.45, 7) is 10.2. The number of rotatable bonds is 4. The lowest BCUT2D eigenvalue weighted by Gasteiger charge is -2.20. The molecular formula is C17H24N2O. The minimum Gasteiger partial charge on any atom is -0.385 e. The quantitative estimate of drug-likeness (QED) is 0.909. The number of nitrogens with zero attached hydrogens (tertiary/aromatic N) is 1. The number of fused-ring (bicyclic) bond motifs is 1. The largest absolute Gasteiger partial charge is 0.385 e. The lowest BCUT2D eigenvalue weighted by Crippen LogP contribution is -2.11. The van der Waals surface area contributed by atoms with E-state index in [1.807, 2.05) is 0 Å². The molecule has 20 heavy (non-hydrogen) atoms. The molecule has 1 aromatic carbocycles. The third-order valence-corrected chi connectivity index (χ3v) is 3.39. The Morgan fingerprint density at radius 1 is 1.20 bits per heavy atom. The number of nitrogens with one attached hydrogen (secondary N) is 1. The Morgan fingerprint density at radius 3 is 2.55 bits per heavy atom. The molecule has 3 heteroatoms. The van der Waals surface area contributed by atoms with Crippen molar-refractivity contribution in [1.82, 2.24) is 4.98 Å². The van der Waals surface area contributed by atoms with Crippen molar-refractivity contribution in [3.8, 4) is 0 Å². The highest BCUT2D eigenvalue weighted by Gasteiger charge is 2.15. The smallest absolute Gasteiger partial charge is 0.0885 e. The Bertz CT molecular complexity index is 600. The van der Waals surface area contributed by atoms with E-state index in [1.54, 1.807) is 7.11 Å². The highest BCUT2D eigenvalue weighted by atomic mass is 16.5. The van der Waals surface area contributed by atoms with Gasteiger partial charge in [-0.2, -0.15) is 0 Å². The average molecular weight is 272 g/mol. The summed E-state index contributed by atoms with van der Waals surface area (Å²) in [6, 6.07) is 8.61. The molecule has 0 radical (unpaired) electrons. The fraction of sp³-hybridized carbons (Fsp3) is 0.471. The summed E-state index contributed by atoms with van der Waals surface area (Å²) >= 11 is 0. The predicted octanol–water partition coefficient (Wildman–Crippen LogP) is 4.11. The molecule has 0 fully saturated rings. The highest BCUT2D eigenvalue weighted by molar-refractivity contribution is 5.92. The van der Waals surface area contributed by atoms with Gasteiger partial charge >= 0.3 is 0 Å². The summed E-state index contributed by atoms with van der Waals surface area (Å²) in [4.78, 5) is 4.67. The summed E-state index contributed by atoms with van der Waals surface area (Å²) in [7, 11) is 1.70. The second-order valence-electron chi connectivity index (χ2n) is 6.11. The number of benzene rings is 1. The van der Waals surface area contributed by atoms with Crippen molar-refractivity contribution in [2.45, 2.75) is 39.7 Å². The monoisotopic (exact) mass is 272 g/mol. The van der Waals surface area contributed by atoms with Gasteiger partial charge in [0.15, 0.2) is 0 Å². The number of aromatic nitrogens is 1. The van der Waals surface area contributed by atoms with Crippen LogP contribution in [0.25, 0.3) is 10.9 Å². The molecule has 0 aliphatic rings. The fourth-order valence-electron chi connectivity index (χ4n) is 2.31. The first-order valence-electron chi connectivity index (χ1n) is 7.12. The molecule has 1 heterocycles. The van der Waals surface area contributed by atoms with E-state index in [0.29, 0.717) is 6.61 Å². The fourth-order valence-corrected chi connectivity index (χ4v) is 2.31. The normalized spacial score (nSPS) is 11.8. The van der Waals surface area contributed by atoms with Crippen LogP contribution in [0.1, 0.15) is 39.0 Å². The topological polar surface area (TPSA) is 34.1 Å². The zero-order chi connectivity index (χ0) is 14.8. The number of methoxy groups -OCH3 is 1. The highest BCUT2D eigenvalue weighted by Crippen LogP contribution is 2.30. The number of hydrogen-bond acceptors (Lipinski definition) is 3. The maximum Gasteiger partial charge on any atom is 0.0885 e. The molecule has 0 atom stereocenters. The first kappa shape index (κ1) is 14.8. The van der Waals surface area contributed by atoms with Gasteiger partial charge in [0.25, 0.3) is 0 Å². The zero-order valence-electron chi connectivity index (χ0n) is 13.1. The van der Waals surface area contributed by atoms with Crippen molar-refractivity contribution in [3.05, 3.63) is 35.5 Å². The number of anilines is 1. The van der Waals surface area contributed by atoms with Crippen LogP contribution in [0.4, 0.5) is 5.69 Å². The summed E-state index contributed by atoms with van der Waals surface area (Å²) in [5.41, 5.74) is 4.58. The molecule has 0 amide bonds. The van der Waals surface area contributed by atoms with E-state index in [2.05, 4.69) is 62.3 Å². The van der Waals surface area contributed by atoms with Crippen LogP contribution in [0.3, 0.4) is 0 Å². The van der Waals surface area contributed by atoms with Crippen LogP contribution in [0.2, 0.25) is 0 Å². The van der Waals surface area contributed by atoms with Gasteiger partial charge < -0.3 is 10.1 Å². The second-order valence-corrected chi connectivity index (χ2v) is 6.11. The van der Waals surface area contributed by atoms with Crippen molar-refractivity contribution in [2.24, 2.45) is 0 Å². The van der Waals surface area contributed by atoms with E-state index in [1.165, 1.54) is 10.9 Å². The van der Waals surface area contributed by atoms with Gasteiger partial charge in [-0.1, -0.05) is 26.8 Å². The van der Waals surface area contributed by atoms with Gasteiger partial charge in [-0.05, 0) is 36.1 Å². The van der Waals surface area contributed by atoms with E-state index >= 15 is 0 Å². The number of hydrogen-bond donors (Lipinski definition) is 1. The van der Waals surface area contributed by atoms with E-state index in [9.17, 15) is 0 Å². The Kier molecular flexibility index (Phi) is 4.29. The van der Waals surface area contributed by atoms with Crippen LogP contribution in [0.5, 0.6) is 0 Å². The lowest BCUT2D eigenvalue weighted by molar-refractivity contribution is 0.182. The molecule has 0 spiro atoms. The molecular weight excluding hydrogens is 248 g/mol. The molecule has 0 aliphatic heterocycles. The van der Waals surface area contributed by atoms with Crippen LogP contribution >= 0.6 is 0 Å². The molecule has 0 unspecified atom stereocenters. The summed E-state index contributed by atoms with van der Waals surface area (Å²) in [6.07, 6.45) is 0. The van der Waals surface area contributed by atoms with Crippen LogP contribution in [0.15, 0.2) is 24.3 Å². The number of pyridine rings is 1. The Labute approximate surface area is 121 Å². The molecule has 2 aromatic rings. The Hall–Kier alpha value is -1.61. The third kappa shape index (κ3) is 3.10. The minimum absolute atomic E-state index is 0.142. The molecule has 2 rings (SSSR count). The first-order chi connectivity index (χ1) is 9.45. The molecule has 0 saturated carbocycles. The van der Waals surface area contributed by atoms with Gasteiger partial charge in [0.2, 0.25) is 0 Å². The third-order valence-electron chi connectivity index (χ3n) is 3.39. The van der Waals surface area contributed by atoms with E-state index < -0.39 is 0 Å². The Balaban J connectivity index is 2.60. The molecule has 0 bridgehead atoms. The average Bonchev–Trinajstić information content (AvgIpc) is 2.38. The van der Waals surface area contributed by atoms with Crippen molar-refractivity contribution in [2.75, 3.05) is 19.0 Å². The van der Waals surface area contributed by atoms with Gasteiger partial charge in [0.1, 0.15) is 0 Å². The van der Waals surface area contributed by atoms with Crippen LogP contribution in [-0.2, 0) is 16.8 Å². The molecule has 1 N–H and O–H groups in total. The Morgan fingerprint density at radius 2 is 1.95 bits per heavy atom. The van der Waals surface area contributed by atoms with E-state index in [4.69, 9.17) is 4.74 Å². The predicted molar refractivity (Wildman–Crippen MR) is 85.3 cm³/mol. The SMILES string of the molecule is CCNc1cc(COC)nc2ccc(C(C)(C)C)cc12. The van der Waals surface area contributed by atoms with Gasteiger partial charge in [0.05, 0.1) is 17.8 Å². The van der Waals surface area contributed by atoms with Crippen LogP contribution < -0.4 is 5.32 Å². The van der Waals surface area contributed by atoms with Crippen molar-refractivity contribution in [1.29, 1.82) is 0 Å². The van der Waals surface area contributed by atoms with Crippen molar-refractivity contribution in [3.63, 3.8) is 0 Å². The van der Waals surface area contributed by atoms with Crippen LogP contribution in [0, 0.1) is 0 Å². The standard InChI is InChI=1S/C17H24N2O/c1-6-18-16-10-13(11-20-5)19-15-8-7-12(9-14(15)16)17(2,3)4/h7-10H,6,11H2,1-5H3,(H,18,19). The summed E-state index contributed by atoms with van der Waals surface area (Å²) in [5.74, 6) is 0. The summed E-state index contributed by atoms with van der Waals surface area (Å²) < 4.78 is 5.20. The molecule has 0 aliphatic carbocycles. The minimum atomic E-state index is 0.142. The zero-order valence-corrected chi connectivity index (χ0v) is 13.1. The van der Waals surface area contributed by atoms with Gasteiger partial charge in [-0.15, -0.1) is 0 Å². The molecule has 0 saturated heterocycles. The first-order valence-corrected chi connectivity index (χ1v) is 7.12. The molecule has 1 aromatic heterocycles. The van der Waals surface area contributed by atoms with E-state index in [0.717, 1.165) is 23.4 Å². The maximum absolute atomic E-state index is 5.20. The van der Waals surface area contributed by atoms with Crippen molar-refractivity contribution >= 4 is 16.6 Å². The lowest BCUT2D eigenvalue weighted by atomic mass is 9.86. The van der Waals surface area contributed by atoms with Gasteiger partial charge in [-0.3, -0.25) is 4.98 Å². The van der Waals surface area contributed by atoms with Crippen molar-refractivity contribution < 1.29 is 4.74 Å². The number of ether oxygens (including phenoxy) is 1. The van der Waals surface area contributed by atoms with Gasteiger partial charge in [0, 0.05) is 24.7 Å². The van der Waals surface area contributed by atoms with Gasteiger partial charge in [-0.25, -0.2) is 0 Å². The second kappa shape index (κ2) is 5.80. The molecule has 3 nitrogen and oxygen atoms in total. The summed E-state index contributed by atoms with van der Waals surface area (Å²) in [5, 5.41) is 4.61. The molecule has 108 valence electrons. The van der Waals surface area contributed by atoms with E-state index in [-0.39, 0.29) is 5.41 Å². The van der Waals surface area contributed by atoms with Crippen LogP contribution in [-0.4, -0.2) is 18.6 Å². The maximum atomic E-state index is 5.20.